The van der Waals surface area contributed by atoms with Gasteiger partial charge in [0.05, 0.1) is 19.2 Å². The number of aliphatic hydroxyl groups is 1. The Bertz CT molecular complexity index is 966. The van der Waals surface area contributed by atoms with Gasteiger partial charge in [0, 0.05) is 37.7 Å². The quantitative estimate of drug-likeness (QED) is 0.742. The van der Waals surface area contributed by atoms with Gasteiger partial charge in [-0.2, -0.15) is 0 Å². The largest absolute Gasteiger partial charge is 0.472 e. The van der Waals surface area contributed by atoms with Crippen LogP contribution in [-0.2, 0) is 4.79 Å². The number of ether oxygens (including phenoxy) is 1. The van der Waals surface area contributed by atoms with Crippen LogP contribution in [0.15, 0.2) is 36.5 Å². The maximum atomic E-state index is 13.4. The van der Waals surface area contributed by atoms with Crippen molar-refractivity contribution in [2.75, 3.05) is 26.7 Å². The lowest BCUT2D eigenvalue weighted by atomic mass is 9.99. The summed E-state index contributed by atoms with van der Waals surface area (Å²) in [5.74, 6) is -0.560. The summed E-state index contributed by atoms with van der Waals surface area (Å²) in [5, 5.41) is 9.75. The van der Waals surface area contributed by atoms with Crippen LogP contribution in [-0.4, -0.2) is 70.6 Å². The summed E-state index contributed by atoms with van der Waals surface area (Å²) in [4.78, 5) is 33.2. The SMILES string of the molecule is CCC(=O)N(C)C[C@H]1Oc2ncc(-c3ccc(F)cc3)cc2C(=O)N([C@H](C)CO)C[C@H]1C. The molecule has 0 saturated heterocycles. The summed E-state index contributed by atoms with van der Waals surface area (Å²) >= 11 is 0. The minimum Gasteiger partial charge on any atom is -0.472 e. The zero-order valence-electron chi connectivity index (χ0n) is 18.9. The lowest BCUT2D eigenvalue weighted by Crippen LogP contribution is -2.50. The van der Waals surface area contributed by atoms with E-state index in [1.54, 1.807) is 55.1 Å². The molecule has 1 aromatic carbocycles. The van der Waals surface area contributed by atoms with Crippen LogP contribution in [0.5, 0.6) is 5.88 Å². The second-order valence-corrected chi connectivity index (χ2v) is 8.33. The van der Waals surface area contributed by atoms with Gasteiger partial charge < -0.3 is 19.6 Å². The number of halogens is 1. The molecule has 3 atom stereocenters. The highest BCUT2D eigenvalue weighted by molar-refractivity contribution is 5.98. The second-order valence-electron chi connectivity index (χ2n) is 8.33. The predicted molar refractivity (Wildman–Crippen MR) is 119 cm³/mol. The standard InChI is InChI=1S/C24H30FN3O4/c1-5-22(30)27(4)13-21-15(2)12-28(16(3)14-29)24(31)20-10-18(11-26-23(20)32-21)17-6-8-19(25)9-7-17/h6-11,15-16,21,29H,5,12-14H2,1-4H3/t15-,16-,21-/m1/s1. The van der Waals surface area contributed by atoms with Crippen LogP contribution in [0.2, 0.25) is 0 Å². The van der Waals surface area contributed by atoms with Crippen molar-refractivity contribution in [1.29, 1.82) is 0 Å². The average Bonchev–Trinajstić information content (AvgIpc) is 2.80. The third-order valence-electron chi connectivity index (χ3n) is 5.88. The third-order valence-corrected chi connectivity index (χ3v) is 5.88. The molecule has 0 saturated carbocycles. The Morgan fingerprint density at radius 2 is 2.03 bits per heavy atom. The Morgan fingerprint density at radius 3 is 2.66 bits per heavy atom. The average molecular weight is 444 g/mol. The van der Waals surface area contributed by atoms with E-state index < -0.39 is 6.04 Å². The molecule has 0 fully saturated rings. The molecule has 3 rings (SSSR count). The summed E-state index contributed by atoms with van der Waals surface area (Å²) in [5.41, 5.74) is 1.64. The van der Waals surface area contributed by atoms with Crippen molar-refractivity contribution in [1.82, 2.24) is 14.8 Å². The molecular formula is C24H30FN3O4. The molecule has 0 radical (unpaired) electrons. The van der Waals surface area contributed by atoms with Crippen LogP contribution in [0.25, 0.3) is 11.1 Å². The summed E-state index contributed by atoms with van der Waals surface area (Å²) in [6.07, 6.45) is 1.59. The summed E-state index contributed by atoms with van der Waals surface area (Å²) in [7, 11) is 1.73. The van der Waals surface area contributed by atoms with E-state index in [0.717, 1.165) is 5.56 Å². The maximum Gasteiger partial charge on any atom is 0.259 e. The van der Waals surface area contributed by atoms with Gasteiger partial charge >= 0.3 is 0 Å². The number of hydrogen-bond acceptors (Lipinski definition) is 5. The van der Waals surface area contributed by atoms with Crippen molar-refractivity contribution < 1.29 is 23.8 Å². The smallest absolute Gasteiger partial charge is 0.259 e. The fraction of sp³-hybridized carbons (Fsp3) is 0.458. The van der Waals surface area contributed by atoms with Crippen molar-refractivity contribution in [2.24, 2.45) is 5.92 Å². The van der Waals surface area contributed by atoms with Crippen molar-refractivity contribution in [2.45, 2.75) is 39.3 Å². The highest BCUT2D eigenvalue weighted by Crippen LogP contribution is 2.30. The van der Waals surface area contributed by atoms with E-state index in [1.807, 2.05) is 6.92 Å². The zero-order chi connectivity index (χ0) is 23.4. The molecule has 0 aliphatic carbocycles. The number of likely N-dealkylation sites (N-methyl/N-ethyl adjacent to an activating group) is 1. The van der Waals surface area contributed by atoms with E-state index in [4.69, 9.17) is 4.74 Å². The number of benzene rings is 1. The van der Waals surface area contributed by atoms with Crippen LogP contribution in [0, 0.1) is 11.7 Å². The number of rotatable bonds is 6. The van der Waals surface area contributed by atoms with Crippen molar-refractivity contribution in [3.8, 4) is 17.0 Å². The van der Waals surface area contributed by atoms with Crippen LogP contribution in [0.1, 0.15) is 37.6 Å². The summed E-state index contributed by atoms with van der Waals surface area (Å²) < 4.78 is 19.5. The van der Waals surface area contributed by atoms with E-state index in [-0.39, 0.29) is 47.7 Å². The number of nitrogens with zero attached hydrogens (tertiary/aromatic N) is 3. The zero-order valence-corrected chi connectivity index (χ0v) is 18.9. The van der Waals surface area contributed by atoms with E-state index in [1.165, 1.54) is 12.1 Å². The number of fused-ring (bicyclic) bond motifs is 1. The summed E-state index contributed by atoms with van der Waals surface area (Å²) in [6, 6.07) is 7.23. The van der Waals surface area contributed by atoms with Gasteiger partial charge in [0.1, 0.15) is 17.5 Å². The molecule has 1 aliphatic rings. The Labute approximate surface area is 187 Å². The molecule has 1 N–H and O–H groups in total. The number of carbonyl (C=O) groups is 2. The third kappa shape index (κ3) is 5.07. The molecule has 172 valence electrons. The summed E-state index contributed by atoms with van der Waals surface area (Å²) in [6.45, 7) is 6.07. The Morgan fingerprint density at radius 1 is 1.34 bits per heavy atom. The second kappa shape index (κ2) is 10.1. The molecule has 2 amide bonds. The molecule has 2 heterocycles. The molecule has 0 unspecified atom stereocenters. The Kier molecular flexibility index (Phi) is 7.45. The molecule has 32 heavy (non-hydrogen) atoms. The first kappa shape index (κ1) is 23.7. The molecule has 2 aromatic rings. The lowest BCUT2D eigenvalue weighted by Gasteiger charge is -2.37. The number of carbonyl (C=O) groups excluding carboxylic acids is 2. The highest BCUT2D eigenvalue weighted by Gasteiger charge is 2.34. The predicted octanol–water partition coefficient (Wildman–Crippen LogP) is 2.98. The van der Waals surface area contributed by atoms with E-state index in [9.17, 15) is 19.1 Å². The van der Waals surface area contributed by atoms with Gasteiger partial charge in [-0.1, -0.05) is 26.0 Å². The van der Waals surface area contributed by atoms with E-state index in [0.29, 0.717) is 25.1 Å². The normalized spacial score (nSPS) is 19.4. The number of hydrogen-bond donors (Lipinski definition) is 1. The van der Waals surface area contributed by atoms with Gasteiger partial charge in [-0.05, 0) is 30.7 Å². The molecular weight excluding hydrogens is 413 g/mol. The van der Waals surface area contributed by atoms with Crippen LogP contribution in [0.4, 0.5) is 4.39 Å². The van der Waals surface area contributed by atoms with Gasteiger partial charge in [0.2, 0.25) is 11.8 Å². The molecule has 7 nitrogen and oxygen atoms in total. The number of amides is 2. The minimum absolute atomic E-state index is 0.000594. The maximum absolute atomic E-state index is 13.4. The van der Waals surface area contributed by atoms with Crippen LogP contribution >= 0.6 is 0 Å². The van der Waals surface area contributed by atoms with Crippen molar-refractivity contribution >= 4 is 11.8 Å². The van der Waals surface area contributed by atoms with Gasteiger partial charge in [0.25, 0.3) is 5.91 Å². The number of aliphatic hydroxyl groups excluding tert-OH is 1. The van der Waals surface area contributed by atoms with E-state index >= 15 is 0 Å². The topological polar surface area (TPSA) is 83.0 Å². The van der Waals surface area contributed by atoms with E-state index in [2.05, 4.69) is 4.98 Å². The molecule has 1 aliphatic heterocycles. The van der Waals surface area contributed by atoms with Gasteiger partial charge in [0.15, 0.2) is 0 Å². The Hall–Kier alpha value is -3.00. The van der Waals surface area contributed by atoms with Crippen molar-refractivity contribution in [3.63, 3.8) is 0 Å². The van der Waals surface area contributed by atoms with Gasteiger partial charge in [-0.25, -0.2) is 9.37 Å². The Balaban J connectivity index is 2.03. The lowest BCUT2D eigenvalue weighted by molar-refractivity contribution is -0.131. The first-order valence-electron chi connectivity index (χ1n) is 10.8. The number of pyridine rings is 1. The molecule has 0 spiro atoms. The monoisotopic (exact) mass is 443 g/mol. The molecule has 1 aromatic heterocycles. The number of aromatic nitrogens is 1. The first-order chi connectivity index (χ1) is 15.2. The van der Waals surface area contributed by atoms with Crippen molar-refractivity contribution in [3.05, 3.63) is 47.9 Å². The fourth-order valence-electron chi connectivity index (χ4n) is 3.76. The highest BCUT2D eigenvalue weighted by atomic mass is 19.1. The van der Waals surface area contributed by atoms with Gasteiger partial charge in [-0.15, -0.1) is 0 Å². The fourth-order valence-corrected chi connectivity index (χ4v) is 3.76. The minimum atomic E-state index is -0.402. The van der Waals surface area contributed by atoms with Crippen LogP contribution in [0.3, 0.4) is 0 Å². The van der Waals surface area contributed by atoms with Gasteiger partial charge in [-0.3, -0.25) is 9.59 Å². The van der Waals surface area contributed by atoms with Crippen LogP contribution < -0.4 is 4.74 Å². The molecule has 0 bridgehead atoms. The molecule has 8 heteroatoms. The first-order valence-corrected chi connectivity index (χ1v) is 10.8.